The van der Waals surface area contributed by atoms with Crippen LogP contribution in [0, 0.1) is 5.92 Å². The smallest absolute Gasteiger partial charge is 0.305 e. The van der Waals surface area contributed by atoms with Crippen LogP contribution >= 0.6 is 23.1 Å². The average Bonchev–Trinajstić information content (AvgIpc) is 2.86. The first-order chi connectivity index (χ1) is 10.1. The summed E-state index contributed by atoms with van der Waals surface area (Å²) in [4.78, 5) is 26.9. The number of thiazole rings is 1. The van der Waals surface area contributed by atoms with E-state index in [4.69, 9.17) is 0 Å². The SMILES string of the molecule is CC(C)c1ccc([C@@H]2c3sc(=O)[nH]c3SC[C@H]2C=O)cc1. The predicted molar refractivity (Wildman–Crippen MR) is 87.6 cm³/mol. The van der Waals surface area contributed by atoms with Crippen LogP contribution in [-0.4, -0.2) is 17.0 Å². The molecule has 5 heteroatoms. The minimum atomic E-state index is -0.0705. The molecule has 0 amide bonds. The van der Waals surface area contributed by atoms with Crippen molar-refractivity contribution in [1.82, 2.24) is 4.98 Å². The number of aromatic amines is 1. The largest absolute Gasteiger partial charge is 0.307 e. The van der Waals surface area contributed by atoms with Gasteiger partial charge in [0.2, 0.25) is 0 Å². The van der Waals surface area contributed by atoms with Gasteiger partial charge in [-0.1, -0.05) is 49.4 Å². The molecule has 3 rings (SSSR count). The molecule has 21 heavy (non-hydrogen) atoms. The molecular formula is C16H17NO2S2. The number of carbonyl (C=O) groups excluding carboxylic acids is 1. The molecule has 0 fully saturated rings. The first kappa shape index (κ1) is 14.6. The van der Waals surface area contributed by atoms with Gasteiger partial charge in [0.1, 0.15) is 6.29 Å². The maximum Gasteiger partial charge on any atom is 0.305 e. The van der Waals surface area contributed by atoms with Gasteiger partial charge in [-0.3, -0.25) is 4.79 Å². The van der Waals surface area contributed by atoms with Gasteiger partial charge in [0, 0.05) is 22.5 Å². The molecule has 1 aliphatic rings. The molecule has 2 atom stereocenters. The zero-order chi connectivity index (χ0) is 15.0. The van der Waals surface area contributed by atoms with Gasteiger partial charge < -0.3 is 9.78 Å². The fourth-order valence-electron chi connectivity index (χ4n) is 2.71. The fourth-order valence-corrected chi connectivity index (χ4v) is 5.08. The summed E-state index contributed by atoms with van der Waals surface area (Å²) in [6, 6.07) is 8.44. The molecule has 0 unspecified atom stereocenters. The van der Waals surface area contributed by atoms with Crippen molar-refractivity contribution < 1.29 is 4.79 Å². The van der Waals surface area contributed by atoms with E-state index in [0.29, 0.717) is 5.92 Å². The number of nitrogens with one attached hydrogen (secondary N) is 1. The van der Waals surface area contributed by atoms with E-state index in [1.54, 1.807) is 11.8 Å². The third kappa shape index (κ3) is 2.72. The van der Waals surface area contributed by atoms with Gasteiger partial charge >= 0.3 is 4.87 Å². The predicted octanol–water partition coefficient (Wildman–Crippen LogP) is 3.61. The number of aldehydes is 1. The maximum absolute atomic E-state index is 11.6. The normalized spacial score (nSPS) is 21.3. The van der Waals surface area contributed by atoms with Gasteiger partial charge in [0.25, 0.3) is 0 Å². The third-order valence-electron chi connectivity index (χ3n) is 3.91. The second kappa shape index (κ2) is 5.81. The summed E-state index contributed by atoms with van der Waals surface area (Å²) < 4.78 is 0. The Hall–Kier alpha value is -1.33. The number of benzene rings is 1. The maximum atomic E-state index is 11.6. The molecule has 2 aromatic rings. The van der Waals surface area contributed by atoms with Gasteiger partial charge in [-0.2, -0.15) is 0 Å². The Labute approximate surface area is 131 Å². The minimum Gasteiger partial charge on any atom is -0.307 e. The first-order valence-corrected chi connectivity index (χ1v) is 8.81. The standard InChI is InChI=1S/C16H17NO2S2/c1-9(2)10-3-5-11(6-4-10)13-12(7-18)8-20-15-14(13)21-16(19)17-15/h3-7,9,12-13H,8H2,1-2H3,(H,17,19)/t12-,13+/m1/s1. The zero-order valence-electron chi connectivity index (χ0n) is 12.0. The average molecular weight is 319 g/mol. The lowest BCUT2D eigenvalue weighted by Gasteiger charge is -2.27. The molecule has 3 nitrogen and oxygen atoms in total. The molecule has 1 aromatic carbocycles. The molecule has 1 N–H and O–H groups in total. The molecule has 0 radical (unpaired) electrons. The Morgan fingerprint density at radius 1 is 1.29 bits per heavy atom. The molecule has 1 aromatic heterocycles. The lowest BCUT2D eigenvalue weighted by molar-refractivity contribution is -0.110. The van der Waals surface area contributed by atoms with Gasteiger partial charge in [0.15, 0.2) is 0 Å². The summed E-state index contributed by atoms with van der Waals surface area (Å²) in [5, 5.41) is 0.932. The summed E-state index contributed by atoms with van der Waals surface area (Å²) >= 11 is 2.80. The van der Waals surface area contributed by atoms with E-state index in [2.05, 4.69) is 43.1 Å². The number of thioether (sulfide) groups is 1. The van der Waals surface area contributed by atoms with Crippen molar-refractivity contribution in [2.24, 2.45) is 5.92 Å². The van der Waals surface area contributed by atoms with E-state index >= 15 is 0 Å². The second-order valence-electron chi connectivity index (χ2n) is 5.62. The van der Waals surface area contributed by atoms with Crippen molar-refractivity contribution in [3.63, 3.8) is 0 Å². The monoisotopic (exact) mass is 319 g/mol. The number of rotatable bonds is 3. The molecule has 0 spiro atoms. The molecule has 0 aliphatic carbocycles. The number of hydrogen-bond donors (Lipinski definition) is 1. The van der Waals surface area contributed by atoms with Crippen LogP contribution in [0.5, 0.6) is 0 Å². The Morgan fingerprint density at radius 3 is 2.62 bits per heavy atom. The van der Waals surface area contributed by atoms with Crippen LogP contribution in [0.3, 0.4) is 0 Å². The molecular weight excluding hydrogens is 302 g/mol. The van der Waals surface area contributed by atoms with Gasteiger partial charge in [0.05, 0.1) is 5.03 Å². The summed E-state index contributed by atoms with van der Waals surface area (Å²) in [6.07, 6.45) is 1.03. The number of aromatic nitrogens is 1. The number of carbonyl (C=O) groups is 1. The van der Waals surface area contributed by atoms with E-state index in [9.17, 15) is 9.59 Å². The van der Waals surface area contributed by atoms with Gasteiger partial charge in [-0.05, 0) is 17.0 Å². The fraction of sp³-hybridized carbons (Fsp3) is 0.375. The molecule has 110 valence electrons. The van der Waals surface area contributed by atoms with Crippen LogP contribution in [0.1, 0.15) is 41.7 Å². The van der Waals surface area contributed by atoms with Crippen molar-refractivity contribution in [2.45, 2.75) is 30.7 Å². The van der Waals surface area contributed by atoms with Crippen molar-refractivity contribution in [3.05, 3.63) is 49.9 Å². The summed E-state index contributed by atoms with van der Waals surface area (Å²) in [6.45, 7) is 4.33. The molecule has 0 bridgehead atoms. The van der Waals surface area contributed by atoms with Crippen LogP contribution in [0.4, 0.5) is 0 Å². The van der Waals surface area contributed by atoms with Crippen LogP contribution in [-0.2, 0) is 4.79 Å². The minimum absolute atomic E-state index is 0.00362. The highest BCUT2D eigenvalue weighted by atomic mass is 32.2. The van der Waals surface area contributed by atoms with E-state index in [1.807, 2.05) is 0 Å². The van der Waals surface area contributed by atoms with Crippen molar-refractivity contribution in [1.29, 1.82) is 0 Å². The highest BCUT2D eigenvalue weighted by Gasteiger charge is 2.33. The van der Waals surface area contributed by atoms with E-state index < -0.39 is 0 Å². The molecule has 2 heterocycles. The topological polar surface area (TPSA) is 49.9 Å². The van der Waals surface area contributed by atoms with Crippen LogP contribution < -0.4 is 4.87 Å². The van der Waals surface area contributed by atoms with E-state index in [1.165, 1.54) is 16.9 Å². The van der Waals surface area contributed by atoms with Crippen LogP contribution in [0.15, 0.2) is 34.1 Å². The Morgan fingerprint density at radius 2 is 2.00 bits per heavy atom. The lowest BCUT2D eigenvalue weighted by atomic mass is 9.85. The first-order valence-electron chi connectivity index (χ1n) is 7.01. The number of fused-ring (bicyclic) bond motifs is 1. The number of hydrogen-bond acceptors (Lipinski definition) is 4. The summed E-state index contributed by atoms with van der Waals surface area (Å²) in [5.41, 5.74) is 2.40. The van der Waals surface area contributed by atoms with Crippen LogP contribution in [0.2, 0.25) is 0 Å². The third-order valence-corrected chi connectivity index (χ3v) is 6.17. The lowest BCUT2D eigenvalue weighted by Crippen LogP contribution is -2.21. The van der Waals surface area contributed by atoms with Crippen LogP contribution in [0.25, 0.3) is 0 Å². The van der Waals surface area contributed by atoms with Gasteiger partial charge in [-0.25, -0.2) is 0 Å². The van der Waals surface area contributed by atoms with Crippen molar-refractivity contribution in [3.8, 4) is 0 Å². The Kier molecular flexibility index (Phi) is 4.04. The molecule has 0 saturated heterocycles. The molecule has 1 aliphatic heterocycles. The number of H-pyrrole nitrogens is 1. The van der Waals surface area contributed by atoms with Crippen molar-refractivity contribution >= 4 is 29.4 Å². The highest BCUT2D eigenvalue weighted by molar-refractivity contribution is 7.99. The Bertz CT molecular complexity index is 700. The summed E-state index contributed by atoms with van der Waals surface area (Å²) in [5.74, 6) is 1.14. The van der Waals surface area contributed by atoms with Gasteiger partial charge in [-0.15, -0.1) is 11.8 Å². The molecule has 0 saturated carbocycles. The zero-order valence-corrected chi connectivity index (χ0v) is 13.6. The quantitative estimate of drug-likeness (QED) is 0.879. The second-order valence-corrected chi connectivity index (χ2v) is 7.66. The highest BCUT2D eigenvalue weighted by Crippen LogP contribution is 2.44. The van der Waals surface area contributed by atoms with E-state index in [-0.39, 0.29) is 16.7 Å². The van der Waals surface area contributed by atoms with E-state index in [0.717, 1.165) is 27.5 Å². The summed E-state index contributed by atoms with van der Waals surface area (Å²) in [7, 11) is 0. The Balaban J connectivity index is 2.05. The van der Waals surface area contributed by atoms with Crippen molar-refractivity contribution in [2.75, 3.05) is 5.75 Å².